The van der Waals surface area contributed by atoms with Crippen molar-refractivity contribution < 1.29 is 13.9 Å². The van der Waals surface area contributed by atoms with Crippen molar-refractivity contribution in [1.29, 1.82) is 5.26 Å². The van der Waals surface area contributed by atoms with Crippen LogP contribution in [0.1, 0.15) is 38.3 Å². The molecule has 5 nitrogen and oxygen atoms in total. The first-order chi connectivity index (χ1) is 10.7. The second-order valence-electron chi connectivity index (χ2n) is 6.80. The molecule has 124 valence electrons. The van der Waals surface area contributed by atoms with Gasteiger partial charge in [0.05, 0.1) is 11.6 Å². The molecule has 1 amide bonds. The molecule has 0 spiro atoms. The Morgan fingerprint density at radius 3 is 2.78 bits per heavy atom. The van der Waals surface area contributed by atoms with E-state index in [-0.39, 0.29) is 17.7 Å². The smallest absolute Gasteiger partial charge is 0.410 e. The fourth-order valence-electron chi connectivity index (χ4n) is 2.48. The molecule has 1 aromatic rings. The molecule has 1 aromatic carbocycles. The minimum Gasteiger partial charge on any atom is -0.444 e. The van der Waals surface area contributed by atoms with Crippen LogP contribution in [0.4, 0.5) is 14.9 Å². The molecule has 2 rings (SSSR count). The van der Waals surface area contributed by atoms with Gasteiger partial charge >= 0.3 is 6.09 Å². The van der Waals surface area contributed by atoms with Gasteiger partial charge in [-0.15, -0.1) is 0 Å². The predicted molar refractivity (Wildman–Crippen MR) is 85.7 cm³/mol. The van der Waals surface area contributed by atoms with E-state index in [1.54, 1.807) is 17.9 Å². The number of hydrogen-bond donors (Lipinski definition) is 1. The maximum Gasteiger partial charge on any atom is 0.410 e. The Morgan fingerprint density at radius 2 is 2.17 bits per heavy atom. The zero-order chi connectivity index (χ0) is 17.2. The maximum absolute atomic E-state index is 13.8. The van der Waals surface area contributed by atoms with Crippen molar-refractivity contribution in [3.8, 4) is 6.07 Å². The quantitative estimate of drug-likeness (QED) is 0.907. The van der Waals surface area contributed by atoms with Gasteiger partial charge in [-0.1, -0.05) is 0 Å². The summed E-state index contributed by atoms with van der Waals surface area (Å²) in [5.41, 5.74) is 0.818. The Hall–Kier alpha value is -2.29. The van der Waals surface area contributed by atoms with Crippen LogP contribution in [0.2, 0.25) is 0 Å². The van der Waals surface area contributed by atoms with Gasteiger partial charge in [0.15, 0.2) is 0 Å². The number of nitrogens with zero attached hydrogens (tertiary/aromatic N) is 2. The lowest BCUT2D eigenvalue weighted by molar-refractivity contribution is 0.0293. The molecule has 0 radical (unpaired) electrons. The Labute approximate surface area is 136 Å². The normalized spacial score (nSPS) is 17.7. The number of rotatable bonds is 2. The number of benzene rings is 1. The van der Waals surface area contributed by atoms with Crippen LogP contribution < -0.4 is 5.32 Å². The molecule has 1 aliphatic rings. The number of amides is 1. The Bertz CT molecular complexity index is 646. The highest BCUT2D eigenvalue weighted by Gasteiger charge is 2.30. The average Bonchev–Trinajstić information content (AvgIpc) is 2.90. The summed E-state index contributed by atoms with van der Waals surface area (Å²) in [4.78, 5) is 13.7. The third-order valence-corrected chi connectivity index (χ3v) is 3.67. The first kappa shape index (κ1) is 17.1. The predicted octanol–water partition coefficient (Wildman–Crippen LogP) is 3.43. The van der Waals surface area contributed by atoms with Crippen molar-refractivity contribution >= 4 is 11.8 Å². The molecule has 1 atom stereocenters. The fraction of sp³-hybridized carbons (Fsp3) is 0.529. The van der Waals surface area contributed by atoms with Crippen LogP contribution in [-0.4, -0.2) is 35.7 Å². The summed E-state index contributed by atoms with van der Waals surface area (Å²) in [5, 5.41) is 12.2. The molecule has 1 aliphatic heterocycles. The van der Waals surface area contributed by atoms with Crippen LogP contribution in [0, 0.1) is 24.1 Å². The topological polar surface area (TPSA) is 65.4 Å². The van der Waals surface area contributed by atoms with Crippen LogP contribution in [0.15, 0.2) is 12.1 Å². The summed E-state index contributed by atoms with van der Waals surface area (Å²) in [5.74, 6) is -0.409. The Morgan fingerprint density at radius 1 is 1.48 bits per heavy atom. The molecule has 1 N–H and O–H groups in total. The number of carbonyl (C=O) groups excluding carboxylic acids is 1. The van der Waals surface area contributed by atoms with Crippen LogP contribution in [0.5, 0.6) is 0 Å². The van der Waals surface area contributed by atoms with Crippen molar-refractivity contribution in [1.82, 2.24) is 4.90 Å². The molecule has 0 aliphatic carbocycles. The number of nitrogens with one attached hydrogen (secondary N) is 1. The highest BCUT2D eigenvalue weighted by molar-refractivity contribution is 5.69. The molecular formula is C17H22FN3O2. The number of halogens is 1. The van der Waals surface area contributed by atoms with Crippen molar-refractivity contribution in [2.75, 3.05) is 18.4 Å². The van der Waals surface area contributed by atoms with E-state index in [4.69, 9.17) is 10.00 Å². The van der Waals surface area contributed by atoms with E-state index >= 15 is 0 Å². The molecule has 0 aromatic heterocycles. The van der Waals surface area contributed by atoms with Crippen LogP contribution >= 0.6 is 0 Å². The van der Waals surface area contributed by atoms with E-state index in [0.717, 1.165) is 6.42 Å². The number of hydrogen-bond acceptors (Lipinski definition) is 4. The summed E-state index contributed by atoms with van der Waals surface area (Å²) in [7, 11) is 0. The lowest BCUT2D eigenvalue weighted by Gasteiger charge is -2.24. The van der Waals surface area contributed by atoms with Crippen LogP contribution in [0.3, 0.4) is 0 Å². The molecule has 1 fully saturated rings. The lowest BCUT2D eigenvalue weighted by Crippen LogP contribution is -2.36. The summed E-state index contributed by atoms with van der Waals surface area (Å²) < 4.78 is 19.2. The first-order valence-corrected chi connectivity index (χ1v) is 7.64. The Balaban J connectivity index is 2.03. The zero-order valence-electron chi connectivity index (χ0n) is 13.9. The monoisotopic (exact) mass is 319 g/mol. The van der Waals surface area contributed by atoms with E-state index in [0.29, 0.717) is 24.3 Å². The third-order valence-electron chi connectivity index (χ3n) is 3.67. The molecule has 6 heteroatoms. The van der Waals surface area contributed by atoms with Gasteiger partial charge < -0.3 is 15.0 Å². The molecule has 23 heavy (non-hydrogen) atoms. The minimum absolute atomic E-state index is 0.00885. The number of ether oxygens (including phenoxy) is 1. The van der Waals surface area contributed by atoms with Gasteiger partial charge in [-0.25, -0.2) is 9.18 Å². The Kier molecular flexibility index (Phi) is 4.79. The molecule has 1 heterocycles. The number of likely N-dealkylation sites (tertiary alicyclic amines) is 1. The number of nitriles is 1. The maximum atomic E-state index is 13.8. The van der Waals surface area contributed by atoms with Crippen LogP contribution in [0.25, 0.3) is 0 Å². The van der Waals surface area contributed by atoms with Gasteiger partial charge in [-0.2, -0.15) is 5.26 Å². The minimum atomic E-state index is -0.524. The zero-order valence-corrected chi connectivity index (χ0v) is 13.9. The largest absolute Gasteiger partial charge is 0.444 e. The lowest BCUT2D eigenvalue weighted by atomic mass is 10.1. The summed E-state index contributed by atoms with van der Waals surface area (Å²) in [6.45, 7) is 8.24. The molecular weight excluding hydrogens is 297 g/mol. The molecule has 0 bridgehead atoms. The van der Waals surface area contributed by atoms with Gasteiger partial charge in [-0.3, -0.25) is 0 Å². The first-order valence-electron chi connectivity index (χ1n) is 7.64. The second kappa shape index (κ2) is 6.45. The summed E-state index contributed by atoms with van der Waals surface area (Å²) >= 11 is 0. The van der Waals surface area contributed by atoms with E-state index in [9.17, 15) is 9.18 Å². The third kappa shape index (κ3) is 4.35. The van der Waals surface area contributed by atoms with Crippen molar-refractivity contribution in [2.24, 2.45) is 0 Å². The highest BCUT2D eigenvalue weighted by atomic mass is 19.1. The van der Waals surface area contributed by atoms with E-state index in [2.05, 4.69) is 5.32 Å². The van der Waals surface area contributed by atoms with Gasteiger partial charge in [0.1, 0.15) is 11.4 Å². The molecule has 1 saturated heterocycles. The van der Waals surface area contributed by atoms with Gasteiger partial charge in [0, 0.05) is 30.4 Å². The van der Waals surface area contributed by atoms with Crippen molar-refractivity contribution in [2.45, 2.75) is 45.8 Å². The van der Waals surface area contributed by atoms with Gasteiger partial charge in [-0.05, 0) is 46.2 Å². The highest BCUT2D eigenvalue weighted by Crippen LogP contribution is 2.24. The van der Waals surface area contributed by atoms with Gasteiger partial charge in [0.25, 0.3) is 0 Å². The second-order valence-corrected chi connectivity index (χ2v) is 6.80. The van der Waals surface area contributed by atoms with E-state index < -0.39 is 11.4 Å². The van der Waals surface area contributed by atoms with E-state index in [1.807, 2.05) is 26.8 Å². The fourth-order valence-corrected chi connectivity index (χ4v) is 2.48. The standard InChI is InChI=1S/C17H22FN3O2/c1-11-14(18)7-12(9-19)8-15(11)20-13-5-6-21(10-13)16(22)23-17(2,3)4/h7-8,13,20H,5-6,10H2,1-4H3. The average molecular weight is 319 g/mol. The van der Waals surface area contributed by atoms with Crippen molar-refractivity contribution in [3.05, 3.63) is 29.1 Å². The summed E-state index contributed by atoms with van der Waals surface area (Å²) in [6, 6.07) is 4.82. The number of carbonyl (C=O) groups is 1. The number of anilines is 1. The van der Waals surface area contributed by atoms with E-state index in [1.165, 1.54) is 6.07 Å². The SMILES string of the molecule is Cc1c(F)cc(C#N)cc1NC1CCN(C(=O)OC(C)(C)C)C1. The molecule has 0 saturated carbocycles. The van der Waals surface area contributed by atoms with Crippen LogP contribution in [-0.2, 0) is 4.74 Å². The van der Waals surface area contributed by atoms with Crippen molar-refractivity contribution in [3.63, 3.8) is 0 Å². The van der Waals surface area contributed by atoms with Gasteiger partial charge in [0.2, 0.25) is 0 Å². The summed E-state index contributed by atoms with van der Waals surface area (Å²) in [6.07, 6.45) is 0.410. The molecule has 1 unspecified atom stereocenters.